The van der Waals surface area contributed by atoms with Gasteiger partial charge < -0.3 is 15.7 Å². The Morgan fingerprint density at radius 3 is 2.55 bits per heavy atom. The van der Waals surface area contributed by atoms with Gasteiger partial charge in [0.2, 0.25) is 0 Å². The molecular weight excluding hydrogens is 286 g/mol. The lowest BCUT2D eigenvalue weighted by atomic mass is 10.1. The molecule has 0 saturated heterocycles. The SMILES string of the molecule is CSC[C@H](C)NC(=O)NC[C@@H](O)c1c(F)cccc1F. The maximum atomic E-state index is 13.4. The van der Waals surface area contributed by atoms with E-state index in [4.69, 9.17) is 0 Å². The van der Waals surface area contributed by atoms with Crippen LogP contribution in [-0.4, -0.2) is 35.7 Å². The molecular formula is C13H18F2N2O2S. The number of aliphatic hydroxyl groups is 1. The quantitative estimate of drug-likeness (QED) is 0.754. The number of thioether (sulfide) groups is 1. The molecule has 0 saturated carbocycles. The zero-order valence-corrected chi connectivity index (χ0v) is 12.1. The van der Waals surface area contributed by atoms with Crippen LogP contribution in [0.3, 0.4) is 0 Å². The van der Waals surface area contributed by atoms with Crippen LogP contribution in [0.1, 0.15) is 18.6 Å². The number of amides is 2. The summed E-state index contributed by atoms with van der Waals surface area (Å²) in [6, 6.07) is 2.81. The lowest BCUT2D eigenvalue weighted by Crippen LogP contribution is -2.43. The molecule has 0 bridgehead atoms. The third-order valence-electron chi connectivity index (χ3n) is 2.58. The second-order valence-electron chi connectivity index (χ2n) is 4.36. The molecule has 4 nitrogen and oxygen atoms in total. The van der Waals surface area contributed by atoms with Crippen LogP contribution in [-0.2, 0) is 0 Å². The predicted molar refractivity (Wildman–Crippen MR) is 75.7 cm³/mol. The fourth-order valence-electron chi connectivity index (χ4n) is 1.69. The molecule has 7 heteroatoms. The molecule has 0 aliphatic rings. The van der Waals surface area contributed by atoms with Gasteiger partial charge in [-0.1, -0.05) is 6.07 Å². The first kappa shape index (κ1) is 16.7. The Labute approximate surface area is 120 Å². The number of carbonyl (C=O) groups is 1. The van der Waals surface area contributed by atoms with E-state index in [9.17, 15) is 18.7 Å². The zero-order valence-electron chi connectivity index (χ0n) is 11.3. The van der Waals surface area contributed by atoms with Crippen LogP contribution in [0.2, 0.25) is 0 Å². The number of rotatable bonds is 6. The van der Waals surface area contributed by atoms with Gasteiger partial charge in [0.15, 0.2) is 0 Å². The van der Waals surface area contributed by atoms with Gasteiger partial charge in [-0.3, -0.25) is 0 Å². The van der Waals surface area contributed by atoms with Crippen molar-refractivity contribution >= 4 is 17.8 Å². The van der Waals surface area contributed by atoms with Crippen molar-refractivity contribution in [3.8, 4) is 0 Å². The van der Waals surface area contributed by atoms with Gasteiger partial charge in [-0.25, -0.2) is 13.6 Å². The Bertz CT molecular complexity index is 440. The van der Waals surface area contributed by atoms with E-state index in [1.165, 1.54) is 6.07 Å². The summed E-state index contributed by atoms with van der Waals surface area (Å²) >= 11 is 1.59. The molecule has 2 atom stereocenters. The minimum atomic E-state index is -1.43. The average Bonchev–Trinajstić information content (AvgIpc) is 2.36. The molecule has 0 spiro atoms. The van der Waals surface area contributed by atoms with Crippen LogP contribution >= 0.6 is 11.8 Å². The molecule has 3 N–H and O–H groups in total. The number of nitrogens with one attached hydrogen (secondary N) is 2. The summed E-state index contributed by atoms with van der Waals surface area (Å²) in [4.78, 5) is 11.5. The Balaban J connectivity index is 2.51. The van der Waals surface area contributed by atoms with Gasteiger partial charge in [0.05, 0.1) is 5.56 Å². The minimum absolute atomic E-state index is 0.0349. The van der Waals surface area contributed by atoms with E-state index >= 15 is 0 Å². The van der Waals surface area contributed by atoms with Crippen molar-refractivity contribution < 1.29 is 18.7 Å². The van der Waals surface area contributed by atoms with Gasteiger partial charge >= 0.3 is 6.03 Å². The molecule has 0 aliphatic carbocycles. The summed E-state index contributed by atoms with van der Waals surface area (Å²) in [5.41, 5.74) is -0.440. The summed E-state index contributed by atoms with van der Waals surface area (Å²) < 4.78 is 26.8. The van der Waals surface area contributed by atoms with Gasteiger partial charge in [0, 0.05) is 18.3 Å². The second-order valence-corrected chi connectivity index (χ2v) is 5.27. The zero-order chi connectivity index (χ0) is 15.1. The van der Waals surface area contributed by atoms with Crippen LogP contribution < -0.4 is 10.6 Å². The predicted octanol–water partition coefficient (Wildman–Crippen LogP) is 2.05. The first-order valence-corrected chi connectivity index (χ1v) is 7.50. The largest absolute Gasteiger partial charge is 0.386 e. The summed E-state index contributed by atoms with van der Waals surface area (Å²) in [5.74, 6) is -0.927. The summed E-state index contributed by atoms with van der Waals surface area (Å²) in [5, 5.41) is 14.8. The Hall–Kier alpha value is -1.34. The Morgan fingerprint density at radius 1 is 1.40 bits per heavy atom. The van der Waals surface area contributed by atoms with E-state index in [1.54, 1.807) is 11.8 Å². The van der Waals surface area contributed by atoms with Gasteiger partial charge in [-0.15, -0.1) is 0 Å². The van der Waals surface area contributed by atoms with Crippen LogP contribution in [0, 0.1) is 11.6 Å². The molecule has 1 rings (SSSR count). The fraction of sp³-hybridized carbons (Fsp3) is 0.462. The third-order valence-corrected chi connectivity index (χ3v) is 3.42. The van der Waals surface area contributed by atoms with E-state index in [-0.39, 0.29) is 12.6 Å². The lowest BCUT2D eigenvalue weighted by Gasteiger charge is -2.16. The average molecular weight is 304 g/mol. The highest BCUT2D eigenvalue weighted by atomic mass is 32.2. The van der Waals surface area contributed by atoms with E-state index < -0.39 is 29.3 Å². The maximum Gasteiger partial charge on any atom is 0.315 e. The van der Waals surface area contributed by atoms with Crippen molar-refractivity contribution in [1.29, 1.82) is 0 Å². The molecule has 0 heterocycles. The number of aliphatic hydroxyl groups excluding tert-OH is 1. The number of hydrogen-bond donors (Lipinski definition) is 3. The van der Waals surface area contributed by atoms with Crippen LogP contribution in [0.5, 0.6) is 0 Å². The molecule has 0 radical (unpaired) electrons. The Kier molecular flexibility index (Phi) is 6.74. The molecule has 0 aromatic heterocycles. The van der Waals surface area contributed by atoms with Crippen molar-refractivity contribution in [3.05, 3.63) is 35.4 Å². The molecule has 1 aromatic carbocycles. The van der Waals surface area contributed by atoms with Crippen molar-refractivity contribution in [2.45, 2.75) is 19.1 Å². The van der Waals surface area contributed by atoms with Crippen molar-refractivity contribution in [2.24, 2.45) is 0 Å². The van der Waals surface area contributed by atoms with Crippen molar-refractivity contribution in [2.75, 3.05) is 18.6 Å². The maximum absolute atomic E-state index is 13.4. The van der Waals surface area contributed by atoms with E-state index in [1.807, 2.05) is 13.2 Å². The third kappa shape index (κ3) is 4.97. The molecule has 20 heavy (non-hydrogen) atoms. The van der Waals surface area contributed by atoms with Gasteiger partial charge in [-0.05, 0) is 25.3 Å². The van der Waals surface area contributed by atoms with Crippen LogP contribution in [0.4, 0.5) is 13.6 Å². The first-order chi connectivity index (χ1) is 9.45. The van der Waals surface area contributed by atoms with E-state index in [0.29, 0.717) is 0 Å². The van der Waals surface area contributed by atoms with Crippen molar-refractivity contribution in [1.82, 2.24) is 10.6 Å². The minimum Gasteiger partial charge on any atom is -0.386 e. The standard InChI is InChI=1S/C13H18F2N2O2S/c1-8(7-20-2)17-13(19)16-6-11(18)12-9(14)4-3-5-10(12)15/h3-5,8,11,18H,6-7H2,1-2H3,(H2,16,17,19)/t8-,11+/m0/s1. The number of benzene rings is 1. The summed E-state index contributed by atoms with van der Waals surface area (Å²) in [6.45, 7) is 1.57. The molecule has 0 unspecified atom stereocenters. The van der Waals surface area contributed by atoms with Crippen LogP contribution in [0.15, 0.2) is 18.2 Å². The monoisotopic (exact) mass is 304 g/mol. The molecule has 112 valence electrons. The van der Waals surface area contributed by atoms with E-state index in [2.05, 4.69) is 10.6 Å². The number of carbonyl (C=O) groups excluding carboxylic acids is 1. The molecule has 0 aliphatic heterocycles. The topological polar surface area (TPSA) is 61.4 Å². The number of hydrogen-bond acceptors (Lipinski definition) is 3. The first-order valence-electron chi connectivity index (χ1n) is 6.11. The Morgan fingerprint density at radius 2 is 2.00 bits per heavy atom. The number of urea groups is 1. The summed E-state index contributed by atoms with van der Waals surface area (Å²) in [6.07, 6.45) is 0.485. The van der Waals surface area contributed by atoms with Gasteiger partial charge in [0.25, 0.3) is 0 Å². The molecule has 1 aromatic rings. The fourth-order valence-corrected chi connectivity index (χ4v) is 2.27. The van der Waals surface area contributed by atoms with Crippen LogP contribution in [0.25, 0.3) is 0 Å². The normalized spacial score (nSPS) is 13.7. The summed E-state index contributed by atoms with van der Waals surface area (Å²) in [7, 11) is 0. The lowest BCUT2D eigenvalue weighted by molar-refractivity contribution is 0.164. The highest BCUT2D eigenvalue weighted by Crippen LogP contribution is 2.19. The smallest absolute Gasteiger partial charge is 0.315 e. The van der Waals surface area contributed by atoms with Gasteiger partial charge in [-0.2, -0.15) is 11.8 Å². The number of halogens is 2. The molecule has 2 amide bonds. The van der Waals surface area contributed by atoms with Gasteiger partial charge in [0.1, 0.15) is 17.7 Å². The highest BCUT2D eigenvalue weighted by Gasteiger charge is 2.18. The van der Waals surface area contributed by atoms with E-state index in [0.717, 1.165) is 17.9 Å². The second kappa shape index (κ2) is 8.06. The van der Waals surface area contributed by atoms with Crippen molar-refractivity contribution in [3.63, 3.8) is 0 Å². The highest BCUT2D eigenvalue weighted by molar-refractivity contribution is 7.98. The molecule has 0 fully saturated rings.